The van der Waals surface area contributed by atoms with E-state index in [1.165, 1.54) is 18.3 Å². The number of halogens is 4. The number of rotatable bonds is 3. The molecule has 1 aliphatic rings. The van der Waals surface area contributed by atoms with Crippen molar-refractivity contribution in [2.24, 2.45) is 0 Å². The smallest absolute Gasteiger partial charge is 0.469 e. The quantitative estimate of drug-likeness (QED) is 0.767. The summed E-state index contributed by atoms with van der Waals surface area (Å²) >= 11 is 0. The SMILES string of the molecule is O=S(=O)(N1Cc2cccn2C[C@H](Oc2ncccc2F)C1)C(F)(F)F. The molecule has 0 unspecified atom stereocenters. The topological polar surface area (TPSA) is 64.4 Å². The minimum Gasteiger partial charge on any atom is -0.469 e. The van der Waals surface area contributed by atoms with Crippen LogP contribution in [0.25, 0.3) is 0 Å². The molecule has 25 heavy (non-hydrogen) atoms. The van der Waals surface area contributed by atoms with Gasteiger partial charge in [-0.05, 0) is 24.3 Å². The molecule has 0 saturated heterocycles. The molecule has 2 aromatic heterocycles. The molecule has 0 spiro atoms. The first-order valence-corrected chi connectivity index (χ1v) is 8.60. The second-order valence-corrected chi connectivity index (χ2v) is 7.35. The van der Waals surface area contributed by atoms with E-state index in [2.05, 4.69) is 4.98 Å². The molecule has 6 nitrogen and oxygen atoms in total. The first-order valence-electron chi connectivity index (χ1n) is 7.16. The number of alkyl halides is 3. The highest BCUT2D eigenvalue weighted by molar-refractivity contribution is 7.89. The lowest BCUT2D eigenvalue weighted by Gasteiger charge is -2.24. The number of fused-ring (bicyclic) bond motifs is 1. The molecule has 0 aliphatic carbocycles. The number of nitrogens with zero attached hydrogens (tertiary/aromatic N) is 3. The summed E-state index contributed by atoms with van der Waals surface area (Å²) in [6.45, 7) is -0.985. The Labute approximate surface area is 140 Å². The summed E-state index contributed by atoms with van der Waals surface area (Å²) in [6.07, 6.45) is 1.81. The molecule has 0 bridgehead atoms. The molecule has 1 atom stereocenters. The molecule has 3 heterocycles. The first kappa shape index (κ1) is 17.7. The molecule has 0 aromatic carbocycles. The Kier molecular flexibility index (Phi) is 4.45. The van der Waals surface area contributed by atoms with Gasteiger partial charge in [-0.15, -0.1) is 0 Å². The zero-order valence-corrected chi connectivity index (χ0v) is 13.5. The van der Waals surface area contributed by atoms with Crippen LogP contribution in [0, 0.1) is 5.82 Å². The van der Waals surface area contributed by atoms with Crippen LogP contribution in [-0.4, -0.2) is 40.4 Å². The maximum absolute atomic E-state index is 13.7. The van der Waals surface area contributed by atoms with Crippen molar-refractivity contribution in [3.63, 3.8) is 0 Å². The summed E-state index contributed by atoms with van der Waals surface area (Å²) in [7, 11) is -5.55. The molecule has 136 valence electrons. The van der Waals surface area contributed by atoms with E-state index in [1.54, 1.807) is 16.8 Å². The number of pyridine rings is 1. The highest BCUT2D eigenvalue weighted by atomic mass is 32.2. The lowest BCUT2D eigenvalue weighted by molar-refractivity contribution is -0.0497. The maximum Gasteiger partial charge on any atom is 0.511 e. The van der Waals surface area contributed by atoms with Crippen LogP contribution in [0.4, 0.5) is 17.6 Å². The van der Waals surface area contributed by atoms with Crippen molar-refractivity contribution >= 4 is 10.0 Å². The van der Waals surface area contributed by atoms with Crippen molar-refractivity contribution in [1.29, 1.82) is 0 Å². The maximum atomic E-state index is 13.7. The van der Waals surface area contributed by atoms with Crippen molar-refractivity contribution < 1.29 is 30.7 Å². The molecule has 0 N–H and O–H groups in total. The standard InChI is InChI=1S/C14H13F4N3O3S/c15-12-4-1-5-19-13(12)24-11-8-20-6-2-3-10(20)7-21(9-11)25(22,23)14(16,17)18/h1-6,11H,7-9H2/t11-/m0/s1. The second kappa shape index (κ2) is 6.30. The molecule has 3 rings (SSSR count). The Morgan fingerprint density at radius 1 is 1.20 bits per heavy atom. The summed E-state index contributed by atoms with van der Waals surface area (Å²) < 4.78 is 83.3. The normalized spacial score (nSPS) is 19.3. The Morgan fingerprint density at radius 2 is 1.96 bits per heavy atom. The fourth-order valence-electron chi connectivity index (χ4n) is 2.54. The van der Waals surface area contributed by atoms with Crippen molar-refractivity contribution in [3.8, 4) is 5.88 Å². The third-order valence-corrected chi connectivity index (χ3v) is 5.25. The average molecular weight is 379 g/mol. The van der Waals surface area contributed by atoms with Gasteiger partial charge in [-0.3, -0.25) is 0 Å². The van der Waals surface area contributed by atoms with Gasteiger partial charge in [0, 0.05) is 18.1 Å². The van der Waals surface area contributed by atoms with Gasteiger partial charge in [-0.1, -0.05) is 0 Å². The number of hydrogen-bond donors (Lipinski definition) is 0. The van der Waals surface area contributed by atoms with Gasteiger partial charge >= 0.3 is 15.5 Å². The summed E-state index contributed by atoms with van der Waals surface area (Å²) in [6, 6.07) is 5.52. The molecule has 0 fully saturated rings. The molecule has 2 aromatic rings. The molecular formula is C14H13F4N3O3S. The Balaban J connectivity index is 1.93. The molecule has 0 radical (unpaired) electrons. The summed E-state index contributed by atoms with van der Waals surface area (Å²) in [5.74, 6) is -1.18. The predicted molar refractivity (Wildman–Crippen MR) is 78.4 cm³/mol. The van der Waals surface area contributed by atoms with Crippen LogP contribution in [0.3, 0.4) is 0 Å². The van der Waals surface area contributed by atoms with E-state index in [1.807, 2.05) is 0 Å². The zero-order valence-electron chi connectivity index (χ0n) is 12.6. The Bertz CT molecular complexity index is 866. The second-order valence-electron chi connectivity index (χ2n) is 5.43. The highest BCUT2D eigenvalue weighted by Crippen LogP contribution is 2.30. The minimum atomic E-state index is -5.55. The number of sulfonamides is 1. The van der Waals surface area contributed by atoms with Gasteiger partial charge in [0.1, 0.15) is 6.10 Å². The monoisotopic (exact) mass is 379 g/mol. The van der Waals surface area contributed by atoms with E-state index in [-0.39, 0.29) is 10.8 Å². The van der Waals surface area contributed by atoms with Gasteiger partial charge < -0.3 is 9.30 Å². The van der Waals surface area contributed by atoms with Gasteiger partial charge in [-0.25, -0.2) is 17.8 Å². The number of aromatic nitrogens is 2. The molecule has 0 saturated carbocycles. The van der Waals surface area contributed by atoms with Crippen LogP contribution in [0.15, 0.2) is 36.7 Å². The summed E-state index contributed by atoms with van der Waals surface area (Å²) in [5.41, 5.74) is -5.06. The third-order valence-electron chi connectivity index (χ3n) is 3.70. The predicted octanol–water partition coefficient (Wildman–Crippen LogP) is 2.13. The van der Waals surface area contributed by atoms with Gasteiger partial charge in [0.25, 0.3) is 5.88 Å². The van der Waals surface area contributed by atoms with E-state index < -0.39 is 46.4 Å². The van der Waals surface area contributed by atoms with Gasteiger partial charge in [0.05, 0.1) is 19.6 Å². The van der Waals surface area contributed by atoms with E-state index in [0.29, 0.717) is 5.69 Å². The summed E-state index contributed by atoms with van der Waals surface area (Å²) in [4.78, 5) is 3.69. The van der Waals surface area contributed by atoms with Crippen molar-refractivity contribution in [2.45, 2.75) is 24.7 Å². The number of hydrogen-bond acceptors (Lipinski definition) is 4. The Morgan fingerprint density at radius 3 is 2.64 bits per heavy atom. The highest BCUT2D eigenvalue weighted by Gasteiger charge is 2.51. The average Bonchev–Trinajstić information content (AvgIpc) is 2.87. The minimum absolute atomic E-state index is 0.0578. The lowest BCUT2D eigenvalue weighted by atomic mass is 10.3. The largest absolute Gasteiger partial charge is 0.511 e. The van der Waals surface area contributed by atoms with Crippen molar-refractivity contribution in [1.82, 2.24) is 13.9 Å². The van der Waals surface area contributed by atoms with E-state index >= 15 is 0 Å². The fourth-order valence-corrected chi connectivity index (χ4v) is 3.50. The van der Waals surface area contributed by atoms with E-state index in [0.717, 1.165) is 6.07 Å². The molecule has 0 amide bonds. The molecule has 1 aliphatic heterocycles. The van der Waals surface area contributed by atoms with E-state index in [9.17, 15) is 26.0 Å². The molecule has 11 heteroatoms. The van der Waals surface area contributed by atoms with Crippen LogP contribution in [-0.2, 0) is 23.1 Å². The third kappa shape index (κ3) is 3.47. The van der Waals surface area contributed by atoms with Crippen LogP contribution < -0.4 is 4.74 Å². The van der Waals surface area contributed by atoms with Gasteiger partial charge in [0.2, 0.25) is 0 Å². The van der Waals surface area contributed by atoms with Crippen LogP contribution in [0.5, 0.6) is 5.88 Å². The van der Waals surface area contributed by atoms with Gasteiger partial charge in [0.15, 0.2) is 5.82 Å². The fraction of sp³-hybridized carbons (Fsp3) is 0.357. The Hall–Kier alpha value is -2.14. The van der Waals surface area contributed by atoms with Crippen molar-refractivity contribution in [3.05, 3.63) is 48.2 Å². The lowest BCUT2D eigenvalue weighted by Crippen LogP contribution is -2.44. The van der Waals surface area contributed by atoms with Crippen LogP contribution in [0.1, 0.15) is 5.69 Å². The van der Waals surface area contributed by atoms with Crippen LogP contribution in [0.2, 0.25) is 0 Å². The first-order chi connectivity index (χ1) is 11.7. The number of ether oxygens (including phenoxy) is 1. The van der Waals surface area contributed by atoms with Gasteiger partial charge in [-0.2, -0.15) is 17.5 Å². The summed E-state index contributed by atoms with van der Waals surface area (Å²) in [5, 5.41) is 0. The van der Waals surface area contributed by atoms with Crippen LogP contribution >= 0.6 is 0 Å². The zero-order chi connectivity index (χ0) is 18.2. The van der Waals surface area contributed by atoms with Crippen molar-refractivity contribution in [2.75, 3.05) is 6.54 Å². The molecular weight excluding hydrogens is 366 g/mol. The van der Waals surface area contributed by atoms with E-state index in [4.69, 9.17) is 4.74 Å².